The fraction of sp³-hybridized carbons (Fsp3) is 0.136. The number of hydrogen-bond donors (Lipinski definition) is 0. The lowest BCUT2D eigenvalue weighted by Gasteiger charge is -2.29. The van der Waals surface area contributed by atoms with E-state index in [1.807, 2.05) is 12.1 Å². The molecular weight excluding hydrogens is 733 g/mol. The van der Waals surface area contributed by atoms with Crippen LogP contribution in [-0.4, -0.2) is 23.1 Å². The Labute approximate surface area is 312 Å². The highest BCUT2D eigenvalue weighted by Crippen LogP contribution is 2.62. The number of rotatable bonds is 2. The summed E-state index contributed by atoms with van der Waals surface area (Å²) in [6.45, 7) is 8.38. The van der Waals surface area contributed by atoms with Crippen LogP contribution in [0.5, 0.6) is 0 Å². The molecule has 0 spiro atoms. The van der Waals surface area contributed by atoms with Crippen LogP contribution in [0.25, 0.3) is 43.5 Å². The van der Waals surface area contributed by atoms with Crippen molar-refractivity contribution in [3.8, 4) is 9.75 Å². The molecule has 0 radical (unpaired) electrons. The molecule has 6 aromatic rings. The van der Waals surface area contributed by atoms with Crippen molar-refractivity contribution >= 4 is 79.5 Å². The van der Waals surface area contributed by atoms with Crippen LogP contribution in [-0.2, 0) is 10.8 Å². The lowest BCUT2D eigenvalue weighted by molar-refractivity contribution is 0.0974. The molecule has 4 aromatic carbocycles. The van der Waals surface area contributed by atoms with E-state index in [0.29, 0.717) is 21.5 Å². The second-order valence-electron chi connectivity index (χ2n) is 15.2. The first-order chi connectivity index (χ1) is 25.5. The van der Waals surface area contributed by atoms with Crippen LogP contribution < -0.4 is 0 Å². The Morgan fingerprint density at radius 1 is 0.500 bits per heavy atom. The summed E-state index contributed by atoms with van der Waals surface area (Å²) in [6.07, 6.45) is 5.27. The number of thiophene rings is 2. The summed E-state index contributed by atoms with van der Waals surface area (Å²) in [4.78, 5) is 58.0. The Hall–Kier alpha value is -5.58. The molecule has 0 aliphatic heterocycles. The quantitative estimate of drug-likeness (QED) is 0.100. The third-order valence-electron chi connectivity index (χ3n) is 11.4. The molecule has 4 aliphatic carbocycles. The number of hydrogen-bond acceptors (Lipinski definition) is 6. The Balaban J connectivity index is 1.00. The number of Topliss-reactive ketones (excluding diaryl/α,β-unsaturated/α-hetero) is 4. The van der Waals surface area contributed by atoms with Gasteiger partial charge >= 0.3 is 0 Å². The van der Waals surface area contributed by atoms with Gasteiger partial charge in [0.1, 0.15) is 0 Å². The van der Waals surface area contributed by atoms with Gasteiger partial charge in [0, 0.05) is 52.6 Å². The van der Waals surface area contributed by atoms with Gasteiger partial charge in [0.2, 0.25) is 0 Å². The minimum atomic E-state index is -1.03. The molecule has 0 N–H and O–H groups in total. The van der Waals surface area contributed by atoms with E-state index in [-0.39, 0.29) is 33.4 Å². The van der Waals surface area contributed by atoms with Crippen LogP contribution in [0.3, 0.4) is 0 Å². The number of ketones is 4. The van der Waals surface area contributed by atoms with E-state index in [1.165, 1.54) is 35.6 Å². The molecule has 54 heavy (non-hydrogen) atoms. The van der Waals surface area contributed by atoms with E-state index in [1.54, 1.807) is 23.5 Å². The Morgan fingerprint density at radius 3 is 1.37 bits per heavy atom. The molecule has 0 saturated heterocycles. The second-order valence-corrected chi connectivity index (χ2v) is 17.4. The highest BCUT2D eigenvalue weighted by molar-refractivity contribution is 7.23. The van der Waals surface area contributed by atoms with Crippen LogP contribution in [0.4, 0.5) is 17.6 Å². The van der Waals surface area contributed by atoms with Crippen LogP contribution >= 0.6 is 22.7 Å². The van der Waals surface area contributed by atoms with Gasteiger partial charge in [-0.15, -0.1) is 22.7 Å². The van der Waals surface area contributed by atoms with E-state index in [9.17, 15) is 36.7 Å². The molecule has 10 rings (SSSR count). The van der Waals surface area contributed by atoms with E-state index >= 15 is 0 Å². The first kappa shape index (κ1) is 33.0. The van der Waals surface area contributed by atoms with E-state index in [0.717, 1.165) is 66.0 Å². The summed E-state index contributed by atoms with van der Waals surface area (Å²) < 4.78 is 55.8. The molecule has 2 heterocycles. The standard InChI is InChI=1S/C44H24F4O4S2/c1-43(2)21(13-27-37(49)23-5-17-9-30(45)31(46)10-18(17)6-24(23)38(27)50)14-34-35(43)36-42(54-34)41-29(44(36,3)4)16-22(53-41)15-28-39(51)25-7-19-11-32(47)33(48)12-20(19)8-26(25)40(28)52/h5-16H,1-4H3. The van der Waals surface area contributed by atoms with Gasteiger partial charge in [0.15, 0.2) is 46.4 Å². The maximum absolute atomic E-state index is 14.0. The highest BCUT2D eigenvalue weighted by atomic mass is 32.1. The Morgan fingerprint density at radius 2 is 0.926 bits per heavy atom. The van der Waals surface area contributed by atoms with Gasteiger partial charge in [-0.25, -0.2) is 17.6 Å². The lowest BCUT2D eigenvalue weighted by Crippen LogP contribution is -2.24. The number of fused-ring (bicyclic) bond motifs is 9. The fourth-order valence-electron chi connectivity index (χ4n) is 8.55. The van der Waals surface area contributed by atoms with E-state index in [2.05, 4.69) is 27.7 Å². The van der Waals surface area contributed by atoms with Crippen molar-refractivity contribution in [2.24, 2.45) is 0 Å². The predicted molar refractivity (Wildman–Crippen MR) is 202 cm³/mol. The zero-order valence-corrected chi connectivity index (χ0v) is 30.5. The number of allylic oxidation sites excluding steroid dienone is 4. The van der Waals surface area contributed by atoms with Gasteiger partial charge in [-0.3, -0.25) is 19.2 Å². The predicted octanol–water partition coefficient (Wildman–Crippen LogP) is 11.1. The first-order valence-electron chi connectivity index (χ1n) is 17.1. The molecule has 0 atom stereocenters. The summed E-state index contributed by atoms with van der Waals surface area (Å²) in [6, 6.07) is 11.9. The lowest BCUT2D eigenvalue weighted by atomic mass is 9.73. The summed E-state index contributed by atoms with van der Waals surface area (Å²) in [5.74, 6) is -5.97. The average Bonchev–Trinajstić information content (AvgIpc) is 3.90. The maximum atomic E-state index is 14.0. The third-order valence-corrected chi connectivity index (χ3v) is 13.8. The summed E-state index contributed by atoms with van der Waals surface area (Å²) in [5, 5.41) is 1.32. The van der Waals surface area contributed by atoms with Gasteiger partial charge < -0.3 is 0 Å². The molecule has 0 amide bonds. The van der Waals surface area contributed by atoms with Crippen LogP contribution in [0.1, 0.15) is 95.6 Å². The molecular formula is C44H24F4O4S2. The fourth-order valence-corrected chi connectivity index (χ4v) is 11.5. The summed E-state index contributed by atoms with van der Waals surface area (Å²) in [7, 11) is 0. The van der Waals surface area contributed by atoms with Crippen molar-refractivity contribution < 1.29 is 36.7 Å². The van der Waals surface area contributed by atoms with Crippen LogP contribution in [0.15, 0.2) is 77.4 Å². The number of carbonyl (C=O) groups excluding carboxylic acids is 4. The molecule has 0 bridgehead atoms. The Kier molecular flexibility index (Phi) is 6.45. The summed E-state index contributed by atoms with van der Waals surface area (Å²) in [5.41, 5.74) is 3.71. The highest BCUT2D eigenvalue weighted by Gasteiger charge is 2.48. The zero-order chi connectivity index (χ0) is 37.9. The monoisotopic (exact) mass is 756 g/mol. The van der Waals surface area contributed by atoms with E-state index in [4.69, 9.17) is 0 Å². The molecule has 4 nitrogen and oxygen atoms in total. The number of carbonyl (C=O) groups is 4. The third kappa shape index (κ3) is 4.23. The van der Waals surface area contributed by atoms with Gasteiger partial charge in [0.05, 0.1) is 11.1 Å². The van der Waals surface area contributed by atoms with Crippen molar-refractivity contribution in [1.82, 2.24) is 0 Å². The van der Waals surface area contributed by atoms with Crippen molar-refractivity contribution in [3.63, 3.8) is 0 Å². The minimum absolute atomic E-state index is 0.000192. The topological polar surface area (TPSA) is 68.3 Å². The van der Waals surface area contributed by atoms with Crippen molar-refractivity contribution in [1.29, 1.82) is 0 Å². The van der Waals surface area contributed by atoms with Gasteiger partial charge in [-0.2, -0.15) is 0 Å². The smallest absolute Gasteiger partial charge is 0.197 e. The maximum Gasteiger partial charge on any atom is 0.197 e. The summed E-state index contributed by atoms with van der Waals surface area (Å²) >= 11 is 3.10. The van der Waals surface area contributed by atoms with Gasteiger partial charge in [-0.1, -0.05) is 27.7 Å². The van der Waals surface area contributed by atoms with Crippen molar-refractivity contribution in [2.75, 3.05) is 0 Å². The van der Waals surface area contributed by atoms with Crippen molar-refractivity contribution in [3.05, 3.63) is 149 Å². The van der Waals surface area contributed by atoms with Gasteiger partial charge in [-0.05, 0) is 117 Å². The molecule has 0 saturated carbocycles. The number of halogens is 4. The Bertz CT molecular complexity index is 2880. The first-order valence-corrected chi connectivity index (χ1v) is 18.7. The molecule has 10 heteroatoms. The molecule has 0 unspecified atom stereocenters. The zero-order valence-electron chi connectivity index (χ0n) is 28.9. The average molecular weight is 757 g/mol. The SMILES string of the molecule is CC1(C)C(C=C2C(=O)c3cc4cc(F)c(F)cc4cc3C2=O)=Cc2sc3c(c21)C(C)(C)c1cc(C=C2C(=O)c4cc5cc(F)c(F)cc5cc4C2=O)sc1-3. The molecule has 0 fully saturated rings. The van der Waals surface area contributed by atoms with Crippen molar-refractivity contribution in [2.45, 2.75) is 38.5 Å². The normalized spacial score (nSPS) is 17.4. The molecule has 4 aliphatic rings. The van der Waals surface area contributed by atoms with Crippen LogP contribution in [0, 0.1) is 23.3 Å². The minimum Gasteiger partial charge on any atom is -0.288 e. The number of benzene rings is 4. The second kappa shape index (κ2) is 10.5. The van der Waals surface area contributed by atoms with Crippen LogP contribution in [0.2, 0.25) is 0 Å². The van der Waals surface area contributed by atoms with E-state index < -0.39 is 57.2 Å². The largest absolute Gasteiger partial charge is 0.288 e. The molecule has 264 valence electrons. The van der Waals surface area contributed by atoms with Gasteiger partial charge in [0.25, 0.3) is 0 Å². The molecule has 2 aromatic heterocycles.